The van der Waals surface area contributed by atoms with Gasteiger partial charge in [0, 0.05) is 19.2 Å². The van der Waals surface area contributed by atoms with Crippen LogP contribution in [0.4, 0.5) is 15.8 Å². The van der Waals surface area contributed by atoms with Crippen molar-refractivity contribution in [2.45, 2.75) is 13.0 Å². The highest BCUT2D eigenvalue weighted by Gasteiger charge is 2.14. The number of anilines is 2. The van der Waals surface area contributed by atoms with Gasteiger partial charge in [0.25, 0.3) is 0 Å². The van der Waals surface area contributed by atoms with Gasteiger partial charge in [-0.25, -0.2) is 4.39 Å². The first-order valence-electron chi connectivity index (χ1n) is 4.55. The predicted octanol–water partition coefficient (Wildman–Crippen LogP) is 1.99. The monoisotopic (exact) mass is 276 g/mol. The van der Waals surface area contributed by atoms with Crippen LogP contribution in [0.2, 0.25) is 0 Å². The molecule has 1 atom stereocenters. The summed E-state index contributed by atoms with van der Waals surface area (Å²) in [5.74, 6) is -0.365. The van der Waals surface area contributed by atoms with Crippen LogP contribution in [0, 0.1) is 5.82 Å². The third-order valence-electron chi connectivity index (χ3n) is 2.37. The lowest BCUT2D eigenvalue weighted by atomic mass is 10.2. The molecule has 0 aromatic heterocycles. The van der Waals surface area contributed by atoms with Crippen molar-refractivity contribution in [1.82, 2.24) is 0 Å². The molecule has 15 heavy (non-hydrogen) atoms. The minimum atomic E-state index is -0.365. The number of halogens is 2. The number of aliphatic hydroxyl groups is 1. The van der Waals surface area contributed by atoms with E-state index in [2.05, 4.69) is 15.9 Å². The van der Waals surface area contributed by atoms with E-state index in [1.807, 2.05) is 6.92 Å². The molecule has 0 heterocycles. The molecule has 0 bridgehead atoms. The fraction of sp³-hybridized carbons (Fsp3) is 0.400. The van der Waals surface area contributed by atoms with E-state index < -0.39 is 0 Å². The predicted molar refractivity (Wildman–Crippen MR) is 63.5 cm³/mol. The molecule has 0 aliphatic heterocycles. The van der Waals surface area contributed by atoms with Crippen LogP contribution < -0.4 is 10.6 Å². The summed E-state index contributed by atoms with van der Waals surface area (Å²) in [6.07, 6.45) is 0. The molecule has 0 saturated heterocycles. The van der Waals surface area contributed by atoms with E-state index in [0.29, 0.717) is 15.8 Å². The van der Waals surface area contributed by atoms with Crippen LogP contribution in [-0.4, -0.2) is 24.8 Å². The Hall–Kier alpha value is -0.810. The highest BCUT2D eigenvalue weighted by molar-refractivity contribution is 9.10. The summed E-state index contributed by atoms with van der Waals surface area (Å²) in [5, 5.41) is 9.00. The van der Waals surface area contributed by atoms with Gasteiger partial charge in [-0.2, -0.15) is 0 Å². The number of rotatable bonds is 3. The fourth-order valence-electron chi connectivity index (χ4n) is 1.22. The normalized spacial score (nSPS) is 12.6. The zero-order chi connectivity index (χ0) is 11.6. The van der Waals surface area contributed by atoms with Crippen molar-refractivity contribution >= 4 is 27.3 Å². The molecular formula is C10H14BrFN2O. The van der Waals surface area contributed by atoms with Gasteiger partial charge in [0.2, 0.25) is 0 Å². The van der Waals surface area contributed by atoms with Crippen LogP contribution in [0.3, 0.4) is 0 Å². The smallest absolute Gasteiger partial charge is 0.139 e. The Morgan fingerprint density at radius 1 is 1.60 bits per heavy atom. The van der Waals surface area contributed by atoms with Crippen LogP contribution >= 0.6 is 15.9 Å². The van der Waals surface area contributed by atoms with Crippen molar-refractivity contribution in [3.63, 3.8) is 0 Å². The SMILES string of the molecule is CC(CO)N(C)c1cc(F)c(Br)cc1N. The molecular weight excluding hydrogens is 263 g/mol. The molecule has 3 N–H and O–H groups in total. The summed E-state index contributed by atoms with van der Waals surface area (Å²) in [4.78, 5) is 1.74. The second-order valence-electron chi connectivity index (χ2n) is 3.47. The van der Waals surface area contributed by atoms with Gasteiger partial charge in [0.1, 0.15) is 5.82 Å². The Kier molecular flexibility index (Phi) is 3.93. The third-order valence-corrected chi connectivity index (χ3v) is 2.98. The Labute approximate surface area is 96.8 Å². The van der Waals surface area contributed by atoms with E-state index in [9.17, 15) is 4.39 Å². The molecule has 0 aliphatic carbocycles. The Balaban J connectivity index is 3.09. The standard InChI is InChI=1S/C10H14BrFN2O/c1-6(5-15)14(2)10-4-8(12)7(11)3-9(10)13/h3-4,6,15H,5,13H2,1-2H3. The lowest BCUT2D eigenvalue weighted by Crippen LogP contribution is -2.32. The van der Waals surface area contributed by atoms with Gasteiger partial charge < -0.3 is 15.7 Å². The van der Waals surface area contributed by atoms with Gasteiger partial charge in [-0.3, -0.25) is 0 Å². The number of hydrogen-bond acceptors (Lipinski definition) is 3. The number of likely N-dealkylation sites (N-methyl/N-ethyl adjacent to an activating group) is 1. The van der Waals surface area contributed by atoms with E-state index in [-0.39, 0.29) is 18.5 Å². The Morgan fingerprint density at radius 2 is 2.20 bits per heavy atom. The van der Waals surface area contributed by atoms with Gasteiger partial charge in [-0.1, -0.05) is 0 Å². The molecule has 1 aromatic rings. The first-order valence-corrected chi connectivity index (χ1v) is 5.35. The first kappa shape index (κ1) is 12.3. The Bertz CT molecular complexity index is 360. The summed E-state index contributed by atoms with van der Waals surface area (Å²) in [6.45, 7) is 1.83. The topological polar surface area (TPSA) is 49.5 Å². The van der Waals surface area contributed by atoms with Crippen molar-refractivity contribution in [2.75, 3.05) is 24.3 Å². The molecule has 0 aliphatic rings. The highest BCUT2D eigenvalue weighted by atomic mass is 79.9. The fourth-order valence-corrected chi connectivity index (χ4v) is 1.58. The second kappa shape index (κ2) is 4.81. The maximum Gasteiger partial charge on any atom is 0.139 e. The molecule has 0 amide bonds. The quantitative estimate of drug-likeness (QED) is 0.831. The van der Waals surface area contributed by atoms with E-state index in [1.165, 1.54) is 12.1 Å². The van der Waals surface area contributed by atoms with Crippen LogP contribution in [0.5, 0.6) is 0 Å². The molecule has 1 unspecified atom stereocenters. The average Bonchev–Trinajstić information content (AvgIpc) is 2.21. The molecule has 5 heteroatoms. The number of benzene rings is 1. The summed E-state index contributed by atoms with van der Waals surface area (Å²) < 4.78 is 13.6. The summed E-state index contributed by atoms with van der Waals surface area (Å²) >= 11 is 3.06. The van der Waals surface area contributed by atoms with Crippen molar-refractivity contribution < 1.29 is 9.50 Å². The minimum Gasteiger partial charge on any atom is -0.397 e. The number of nitrogen functional groups attached to an aromatic ring is 1. The number of nitrogens with two attached hydrogens (primary N) is 1. The number of nitrogens with zero attached hydrogens (tertiary/aromatic N) is 1. The van der Waals surface area contributed by atoms with Crippen molar-refractivity contribution in [2.24, 2.45) is 0 Å². The molecule has 0 radical (unpaired) electrons. The van der Waals surface area contributed by atoms with Crippen LogP contribution in [0.1, 0.15) is 6.92 Å². The molecule has 0 spiro atoms. The maximum atomic E-state index is 13.3. The zero-order valence-electron chi connectivity index (χ0n) is 8.67. The maximum absolute atomic E-state index is 13.3. The lowest BCUT2D eigenvalue weighted by Gasteiger charge is -2.26. The van der Waals surface area contributed by atoms with Gasteiger partial charge in [-0.15, -0.1) is 0 Å². The highest BCUT2D eigenvalue weighted by Crippen LogP contribution is 2.29. The van der Waals surface area contributed by atoms with Crippen molar-refractivity contribution in [3.05, 3.63) is 22.4 Å². The zero-order valence-corrected chi connectivity index (χ0v) is 10.3. The summed E-state index contributed by atoms with van der Waals surface area (Å²) in [6, 6.07) is 2.77. The van der Waals surface area contributed by atoms with Gasteiger partial charge in [0.15, 0.2) is 0 Å². The van der Waals surface area contributed by atoms with Crippen molar-refractivity contribution in [1.29, 1.82) is 0 Å². The van der Waals surface area contributed by atoms with Crippen molar-refractivity contribution in [3.8, 4) is 0 Å². The third kappa shape index (κ3) is 2.60. The molecule has 1 rings (SSSR count). The van der Waals surface area contributed by atoms with E-state index >= 15 is 0 Å². The largest absolute Gasteiger partial charge is 0.397 e. The molecule has 0 saturated carbocycles. The van der Waals surface area contributed by atoms with Crippen LogP contribution in [-0.2, 0) is 0 Å². The van der Waals surface area contributed by atoms with Crippen LogP contribution in [0.25, 0.3) is 0 Å². The second-order valence-corrected chi connectivity index (χ2v) is 4.32. The number of aliphatic hydroxyl groups excluding tert-OH is 1. The molecule has 1 aromatic carbocycles. The van der Waals surface area contributed by atoms with Gasteiger partial charge in [-0.05, 0) is 28.9 Å². The van der Waals surface area contributed by atoms with E-state index in [0.717, 1.165) is 0 Å². The Morgan fingerprint density at radius 3 is 2.73 bits per heavy atom. The average molecular weight is 277 g/mol. The van der Waals surface area contributed by atoms with Gasteiger partial charge in [0.05, 0.1) is 22.5 Å². The number of hydrogen-bond donors (Lipinski definition) is 2. The summed E-state index contributed by atoms with van der Waals surface area (Å²) in [5.41, 5.74) is 6.82. The molecule has 3 nitrogen and oxygen atoms in total. The molecule has 84 valence electrons. The van der Waals surface area contributed by atoms with Crippen LogP contribution in [0.15, 0.2) is 16.6 Å². The lowest BCUT2D eigenvalue weighted by molar-refractivity contribution is 0.270. The summed E-state index contributed by atoms with van der Waals surface area (Å²) in [7, 11) is 1.76. The van der Waals surface area contributed by atoms with E-state index in [4.69, 9.17) is 10.8 Å². The van der Waals surface area contributed by atoms with E-state index in [1.54, 1.807) is 11.9 Å². The van der Waals surface area contributed by atoms with Gasteiger partial charge >= 0.3 is 0 Å². The minimum absolute atomic E-state index is 0.00633. The first-order chi connectivity index (χ1) is 6.97. The molecule has 0 fully saturated rings.